The van der Waals surface area contributed by atoms with Gasteiger partial charge in [0, 0.05) is 16.8 Å². The molecule has 29 heavy (non-hydrogen) atoms. The predicted molar refractivity (Wildman–Crippen MR) is 112 cm³/mol. The Kier molecular flexibility index (Phi) is 4.91. The Morgan fingerprint density at radius 1 is 1.03 bits per heavy atom. The number of aliphatic hydroxyl groups is 1. The van der Waals surface area contributed by atoms with Gasteiger partial charge < -0.3 is 5.11 Å². The molecule has 0 bridgehead atoms. The van der Waals surface area contributed by atoms with Crippen LogP contribution < -0.4 is 4.90 Å². The maximum absolute atomic E-state index is 13.0. The first-order chi connectivity index (χ1) is 14.0. The van der Waals surface area contributed by atoms with E-state index in [0.29, 0.717) is 21.8 Å². The molecule has 1 aliphatic rings. The SMILES string of the molecule is Cc1ccc(C(O)=C2C(=O)C(=O)N(c3cccnc3)C2c2ccccc2Cl)cc1. The number of hydrogen-bond donors (Lipinski definition) is 1. The van der Waals surface area contributed by atoms with Crippen LogP contribution in [0.2, 0.25) is 5.02 Å². The highest BCUT2D eigenvalue weighted by molar-refractivity contribution is 6.52. The van der Waals surface area contributed by atoms with Crippen molar-refractivity contribution in [3.8, 4) is 0 Å². The minimum atomic E-state index is -0.866. The van der Waals surface area contributed by atoms with Crippen LogP contribution in [0.25, 0.3) is 5.76 Å². The summed E-state index contributed by atoms with van der Waals surface area (Å²) in [6.45, 7) is 1.93. The second-order valence-electron chi connectivity index (χ2n) is 6.77. The van der Waals surface area contributed by atoms with Crippen molar-refractivity contribution in [2.24, 2.45) is 0 Å². The number of rotatable bonds is 3. The van der Waals surface area contributed by atoms with Gasteiger partial charge in [-0.3, -0.25) is 19.5 Å². The lowest BCUT2D eigenvalue weighted by Gasteiger charge is -2.25. The number of anilines is 1. The zero-order valence-electron chi connectivity index (χ0n) is 15.5. The van der Waals surface area contributed by atoms with E-state index in [9.17, 15) is 14.7 Å². The summed E-state index contributed by atoms with van der Waals surface area (Å²) in [7, 11) is 0. The van der Waals surface area contributed by atoms with Crippen molar-refractivity contribution in [2.75, 3.05) is 4.90 Å². The highest BCUT2D eigenvalue weighted by Crippen LogP contribution is 2.43. The van der Waals surface area contributed by atoms with Crippen molar-refractivity contribution in [1.82, 2.24) is 4.98 Å². The van der Waals surface area contributed by atoms with E-state index in [0.717, 1.165) is 5.56 Å². The summed E-state index contributed by atoms with van der Waals surface area (Å²) in [5.41, 5.74) is 2.46. The normalized spacial score (nSPS) is 18.3. The second-order valence-corrected chi connectivity index (χ2v) is 7.18. The van der Waals surface area contributed by atoms with Gasteiger partial charge in [0.15, 0.2) is 0 Å². The third-order valence-electron chi connectivity index (χ3n) is 4.89. The Bertz CT molecular complexity index is 1120. The van der Waals surface area contributed by atoms with E-state index in [4.69, 9.17) is 11.6 Å². The lowest BCUT2D eigenvalue weighted by molar-refractivity contribution is -0.132. The standard InChI is InChI=1S/C23H17ClN2O3/c1-14-8-10-15(11-9-14)21(27)19-20(17-6-2-3-7-18(17)24)26(23(29)22(19)28)16-5-4-12-25-13-16/h2-13,20,27H,1H3. The van der Waals surface area contributed by atoms with E-state index in [2.05, 4.69) is 4.98 Å². The molecule has 6 heteroatoms. The maximum atomic E-state index is 13.0. The Hall–Kier alpha value is -3.44. The number of Topliss-reactive ketones (excluding diaryl/α,β-unsaturated/α-hetero) is 1. The summed E-state index contributed by atoms with van der Waals surface area (Å²) >= 11 is 6.42. The Morgan fingerprint density at radius 2 is 1.76 bits per heavy atom. The molecule has 1 N–H and O–H groups in total. The molecule has 1 aromatic heterocycles. The monoisotopic (exact) mass is 404 g/mol. The molecule has 2 heterocycles. The lowest BCUT2D eigenvalue weighted by Crippen LogP contribution is -2.29. The third kappa shape index (κ3) is 3.30. The van der Waals surface area contributed by atoms with Crippen molar-refractivity contribution >= 4 is 34.7 Å². The van der Waals surface area contributed by atoms with Gasteiger partial charge in [0.05, 0.1) is 23.5 Å². The average Bonchev–Trinajstić information content (AvgIpc) is 3.00. The minimum Gasteiger partial charge on any atom is -0.507 e. The number of benzene rings is 2. The largest absolute Gasteiger partial charge is 0.507 e. The molecule has 1 atom stereocenters. The first-order valence-electron chi connectivity index (χ1n) is 9.01. The number of aryl methyl sites for hydroxylation is 1. The number of aliphatic hydroxyl groups excluding tert-OH is 1. The Balaban J connectivity index is 1.97. The van der Waals surface area contributed by atoms with E-state index in [1.165, 1.54) is 11.1 Å². The molecule has 0 saturated carbocycles. The highest BCUT2D eigenvalue weighted by atomic mass is 35.5. The van der Waals surface area contributed by atoms with Crippen molar-refractivity contribution in [3.63, 3.8) is 0 Å². The van der Waals surface area contributed by atoms with Crippen LogP contribution in [-0.4, -0.2) is 21.8 Å². The Morgan fingerprint density at radius 3 is 2.41 bits per heavy atom. The van der Waals surface area contributed by atoms with E-state index >= 15 is 0 Å². The van der Waals surface area contributed by atoms with Crippen molar-refractivity contribution in [2.45, 2.75) is 13.0 Å². The number of halogens is 1. The summed E-state index contributed by atoms with van der Waals surface area (Å²) in [6, 6.07) is 16.6. The summed E-state index contributed by atoms with van der Waals surface area (Å²) in [6.07, 6.45) is 3.08. The second kappa shape index (κ2) is 7.53. The summed E-state index contributed by atoms with van der Waals surface area (Å²) in [5.74, 6) is -1.74. The minimum absolute atomic E-state index is 0.00388. The van der Waals surface area contributed by atoms with Crippen molar-refractivity contribution in [1.29, 1.82) is 0 Å². The van der Waals surface area contributed by atoms with Crippen LogP contribution >= 0.6 is 11.6 Å². The van der Waals surface area contributed by atoms with Gasteiger partial charge in [-0.15, -0.1) is 0 Å². The molecule has 1 fully saturated rings. The maximum Gasteiger partial charge on any atom is 0.300 e. The summed E-state index contributed by atoms with van der Waals surface area (Å²) in [4.78, 5) is 31.3. The van der Waals surface area contributed by atoms with Crippen LogP contribution in [0.15, 0.2) is 78.6 Å². The third-order valence-corrected chi connectivity index (χ3v) is 5.24. The van der Waals surface area contributed by atoms with Crippen LogP contribution in [-0.2, 0) is 9.59 Å². The Labute approximate surface area is 172 Å². The van der Waals surface area contributed by atoms with Gasteiger partial charge in [-0.1, -0.05) is 59.6 Å². The number of carbonyl (C=O) groups is 2. The van der Waals surface area contributed by atoms with Crippen molar-refractivity contribution in [3.05, 3.63) is 100 Å². The number of carbonyl (C=O) groups excluding carboxylic acids is 2. The number of ketones is 1. The highest BCUT2D eigenvalue weighted by Gasteiger charge is 2.47. The van der Waals surface area contributed by atoms with Gasteiger partial charge in [0.2, 0.25) is 0 Å². The fraction of sp³-hybridized carbons (Fsp3) is 0.0870. The molecular formula is C23H17ClN2O3. The molecule has 4 rings (SSSR count). The molecule has 0 radical (unpaired) electrons. The topological polar surface area (TPSA) is 70.5 Å². The molecular weight excluding hydrogens is 388 g/mol. The quantitative estimate of drug-likeness (QED) is 0.391. The number of aromatic nitrogens is 1. The molecule has 3 aromatic rings. The van der Waals surface area contributed by atoms with E-state index < -0.39 is 17.7 Å². The molecule has 1 saturated heterocycles. The predicted octanol–water partition coefficient (Wildman–Crippen LogP) is 4.67. The zero-order valence-corrected chi connectivity index (χ0v) is 16.3. The number of amides is 1. The molecule has 0 aliphatic carbocycles. The smallest absolute Gasteiger partial charge is 0.300 e. The van der Waals surface area contributed by atoms with E-state index in [1.807, 2.05) is 19.1 Å². The molecule has 0 spiro atoms. The van der Waals surface area contributed by atoms with E-state index in [-0.39, 0.29) is 11.3 Å². The van der Waals surface area contributed by atoms with Crippen LogP contribution in [0.5, 0.6) is 0 Å². The van der Waals surface area contributed by atoms with Gasteiger partial charge in [-0.25, -0.2) is 0 Å². The number of nitrogens with zero attached hydrogens (tertiary/aromatic N) is 2. The molecule has 5 nitrogen and oxygen atoms in total. The van der Waals surface area contributed by atoms with Crippen molar-refractivity contribution < 1.29 is 14.7 Å². The van der Waals surface area contributed by atoms with Gasteiger partial charge >= 0.3 is 0 Å². The molecule has 1 aliphatic heterocycles. The molecule has 1 amide bonds. The molecule has 144 valence electrons. The van der Waals surface area contributed by atoms with Gasteiger partial charge in [-0.05, 0) is 30.7 Å². The van der Waals surface area contributed by atoms with Crippen LogP contribution in [0.4, 0.5) is 5.69 Å². The molecule has 1 unspecified atom stereocenters. The first kappa shape index (κ1) is 18.9. The van der Waals surface area contributed by atoms with Crippen LogP contribution in [0, 0.1) is 6.92 Å². The number of pyridine rings is 1. The van der Waals surface area contributed by atoms with E-state index in [1.54, 1.807) is 54.7 Å². The van der Waals surface area contributed by atoms with Gasteiger partial charge in [0.25, 0.3) is 11.7 Å². The lowest BCUT2D eigenvalue weighted by atomic mass is 9.95. The number of hydrogen-bond acceptors (Lipinski definition) is 4. The summed E-state index contributed by atoms with van der Waals surface area (Å²) < 4.78 is 0. The van der Waals surface area contributed by atoms with Gasteiger partial charge in [-0.2, -0.15) is 0 Å². The molecule has 2 aromatic carbocycles. The zero-order chi connectivity index (χ0) is 20.5. The fourth-order valence-electron chi connectivity index (χ4n) is 3.45. The fourth-order valence-corrected chi connectivity index (χ4v) is 3.69. The summed E-state index contributed by atoms with van der Waals surface area (Å²) in [5, 5.41) is 11.4. The first-order valence-corrected chi connectivity index (χ1v) is 9.39. The van der Waals surface area contributed by atoms with Crippen LogP contribution in [0.1, 0.15) is 22.7 Å². The van der Waals surface area contributed by atoms with Crippen LogP contribution in [0.3, 0.4) is 0 Å². The average molecular weight is 405 g/mol. The van der Waals surface area contributed by atoms with Gasteiger partial charge in [0.1, 0.15) is 5.76 Å².